The number of aromatic nitrogens is 4. The first-order valence-electron chi connectivity index (χ1n) is 10.6. The fourth-order valence-corrected chi connectivity index (χ4v) is 4.49. The highest BCUT2D eigenvalue weighted by Crippen LogP contribution is 2.18. The van der Waals surface area contributed by atoms with Gasteiger partial charge in [0.25, 0.3) is 0 Å². The number of allylic oxidation sites excluding steroid dienone is 2. The zero-order chi connectivity index (χ0) is 23.6. The van der Waals surface area contributed by atoms with E-state index in [-0.39, 0.29) is 11.8 Å². The Labute approximate surface area is 204 Å². The zero-order valence-corrected chi connectivity index (χ0v) is 19.8. The van der Waals surface area contributed by atoms with Crippen molar-refractivity contribution in [1.82, 2.24) is 20.4 Å². The van der Waals surface area contributed by atoms with Crippen molar-refractivity contribution in [3.63, 3.8) is 0 Å². The SMILES string of the molecule is O=C(Cc1ccccc1)Nc1nnc(C/C=C/Cc2nnc(NC(=O)Cc3ccccc3)s2)s1. The van der Waals surface area contributed by atoms with Gasteiger partial charge in [0, 0.05) is 12.8 Å². The number of amides is 2. The van der Waals surface area contributed by atoms with Crippen LogP contribution in [0, 0.1) is 0 Å². The van der Waals surface area contributed by atoms with Gasteiger partial charge < -0.3 is 10.6 Å². The van der Waals surface area contributed by atoms with E-state index in [1.165, 1.54) is 22.7 Å². The molecule has 0 unspecified atom stereocenters. The lowest BCUT2D eigenvalue weighted by Gasteiger charge is -2.00. The molecule has 0 bridgehead atoms. The van der Waals surface area contributed by atoms with Gasteiger partial charge >= 0.3 is 0 Å². The molecule has 2 amide bonds. The summed E-state index contributed by atoms with van der Waals surface area (Å²) in [6, 6.07) is 19.1. The number of hydrogen-bond acceptors (Lipinski definition) is 8. The molecule has 0 spiro atoms. The predicted octanol–water partition coefficient (Wildman–Crippen LogP) is 4.09. The van der Waals surface area contributed by atoms with Gasteiger partial charge in [-0.05, 0) is 11.1 Å². The second-order valence-corrected chi connectivity index (χ2v) is 9.43. The van der Waals surface area contributed by atoms with Crippen molar-refractivity contribution in [3.05, 3.63) is 94.0 Å². The van der Waals surface area contributed by atoms with Crippen molar-refractivity contribution in [3.8, 4) is 0 Å². The smallest absolute Gasteiger partial charge is 0.230 e. The molecule has 4 rings (SSSR count). The van der Waals surface area contributed by atoms with Crippen LogP contribution >= 0.6 is 22.7 Å². The molecule has 0 radical (unpaired) electrons. The summed E-state index contributed by atoms with van der Waals surface area (Å²) >= 11 is 2.70. The van der Waals surface area contributed by atoms with Crippen molar-refractivity contribution in [2.45, 2.75) is 25.7 Å². The number of carbonyl (C=O) groups excluding carboxylic acids is 2. The van der Waals surface area contributed by atoms with Gasteiger partial charge in [-0.2, -0.15) is 0 Å². The molecule has 34 heavy (non-hydrogen) atoms. The average molecular weight is 491 g/mol. The monoisotopic (exact) mass is 490 g/mol. The summed E-state index contributed by atoms with van der Waals surface area (Å²) in [5.41, 5.74) is 1.89. The number of nitrogens with zero attached hydrogens (tertiary/aromatic N) is 4. The van der Waals surface area contributed by atoms with E-state index in [4.69, 9.17) is 0 Å². The third kappa shape index (κ3) is 7.39. The van der Waals surface area contributed by atoms with Crippen molar-refractivity contribution in [1.29, 1.82) is 0 Å². The molecular weight excluding hydrogens is 468 g/mol. The third-order valence-electron chi connectivity index (χ3n) is 4.59. The highest BCUT2D eigenvalue weighted by molar-refractivity contribution is 7.15. The lowest BCUT2D eigenvalue weighted by Crippen LogP contribution is -2.14. The maximum absolute atomic E-state index is 12.1. The van der Waals surface area contributed by atoms with Crippen molar-refractivity contribution < 1.29 is 9.59 Å². The van der Waals surface area contributed by atoms with Gasteiger partial charge in [-0.3, -0.25) is 9.59 Å². The second kappa shape index (κ2) is 11.9. The van der Waals surface area contributed by atoms with E-state index in [9.17, 15) is 9.59 Å². The zero-order valence-electron chi connectivity index (χ0n) is 18.2. The Balaban J connectivity index is 1.19. The normalized spacial score (nSPS) is 10.9. The number of rotatable bonds is 10. The molecule has 0 atom stereocenters. The molecule has 172 valence electrons. The Hall–Kier alpha value is -3.76. The average Bonchev–Trinajstić information content (AvgIpc) is 3.47. The lowest BCUT2D eigenvalue weighted by molar-refractivity contribution is -0.116. The standard InChI is InChI=1S/C24H22N6O2S2/c31-19(15-17-9-3-1-4-10-17)25-23-29-27-21(33-23)13-7-8-14-22-28-30-24(34-22)26-20(32)16-18-11-5-2-6-12-18/h1-12H,13-16H2,(H,25,29,31)(H,26,30,32)/b8-7+. The first kappa shape index (κ1) is 23.4. The molecular formula is C24H22N6O2S2. The molecule has 2 aromatic heterocycles. The summed E-state index contributed by atoms with van der Waals surface area (Å²) in [7, 11) is 0. The first-order chi connectivity index (χ1) is 16.6. The molecule has 4 aromatic rings. The number of anilines is 2. The van der Waals surface area contributed by atoms with Crippen molar-refractivity contribution in [2.75, 3.05) is 10.6 Å². The maximum atomic E-state index is 12.1. The molecule has 8 nitrogen and oxygen atoms in total. The topological polar surface area (TPSA) is 110 Å². The fourth-order valence-electron chi connectivity index (χ4n) is 3.03. The summed E-state index contributed by atoms with van der Waals surface area (Å²) in [5, 5.41) is 24.5. The van der Waals surface area contributed by atoms with Crippen LogP contribution in [0.2, 0.25) is 0 Å². The van der Waals surface area contributed by atoms with Crippen LogP contribution in [-0.2, 0) is 35.3 Å². The van der Waals surface area contributed by atoms with Crippen LogP contribution in [0.15, 0.2) is 72.8 Å². The van der Waals surface area contributed by atoms with Gasteiger partial charge in [0.15, 0.2) is 0 Å². The first-order valence-corrected chi connectivity index (χ1v) is 12.2. The van der Waals surface area contributed by atoms with E-state index >= 15 is 0 Å². The molecule has 0 saturated heterocycles. The molecule has 2 N–H and O–H groups in total. The van der Waals surface area contributed by atoms with Crippen LogP contribution in [0.3, 0.4) is 0 Å². The van der Waals surface area contributed by atoms with Gasteiger partial charge in [0.05, 0.1) is 12.8 Å². The summed E-state index contributed by atoms with van der Waals surface area (Å²) in [6.07, 6.45) is 5.76. The quantitative estimate of drug-likeness (QED) is 0.324. The minimum absolute atomic E-state index is 0.118. The van der Waals surface area contributed by atoms with Crippen molar-refractivity contribution in [2.24, 2.45) is 0 Å². The Morgan fingerprint density at radius 3 is 1.47 bits per heavy atom. The van der Waals surface area contributed by atoms with Crippen LogP contribution < -0.4 is 10.6 Å². The summed E-state index contributed by atoms with van der Waals surface area (Å²) in [5.74, 6) is -0.236. The van der Waals surface area contributed by atoms with Crippen LogP contribution in [0.25, 0.3) is 0 Å². The predicted molar refractivity (Wildman–Crippen MR) is 134 cm³/mol. The van der Waals surface area contributed by atoms with Crippen LogP contribution in [0.4, 0.5) is 10.3 Å². The number of carbonyl (C=O) groups is 2. The van der Waals surface area contributed by atoms with Gasteiger partial charge in [-0.1, -0.05) is 95.5 Å². The van der Waals surface area contributed by atoms with Crippen LogP contribution in [0.5, 0.6) is 0 Å². The lowest BCUT2D eigenvalue weighted by atomic mass is 10.1. The van der Waals surface area contributed by atoms with E-state index in [1.54, 1.807) is 0 Å². The van der Waals surface area contributed by atoms with E-state index in [0.717, 1.165) is 21.1 Å². The molecule has 10 heteroatoms. The molecule has 2 aromatic carbocycles. The minimum atomic E-state index is -0.118. The van der Waals surface area contributed by atoms with E-state index in [1.807, 2.05) is 72.8 Å². The van der Waals surface area contributed by atoms with Gasteiger partial charge in [0.2, 0.25) is 22.1 Å². The van der Waals surface area contributed by atoms with Gasteiger partial charge in [-0.25, -0.2) is 0 Å². The Kier molecular flexibility index (Phi) is 8.20. The number of nitrogens with one attached hydrogen (secondary N) is 2. The Bertz CT molecular complexity index is 1160. The van der Waals surface area contributed by atoms with Gasteiger partial charge in [0.1, 0.15) is 10.0 Å². The fraction of sp³-hybridized carbons (Fsp3) is 0.167. The molecule has 0 aliphatic rings. The molecule has 0 saturated carbocycles. The third-order valence-corrected chi connectivity index (χ3v) is 6.32. The molecule has 0 aliphatic carbocycles. The molecule has 2 heterocycles. The second-order valence-electron chi connectivity index (χ2n) is 7.30. The highest BCUT2D eigenvalue weighted by Gasteiger charge is 2.10. The number of benzene rings is 2. The molecule has 0 aliphatic heterocycles. The number of hydrogen-bond donors (Lipinski definition) is 2. The van der Waals surface area contributed by atoms with Crippen LogP contribution in [-0.4, -0.2) is 32.2 Å². The van der Waals surface area contributed by atoms with Crippen LogP contribution in [0.1, 0.15) is 21.1 Å². The largest absolute Gasteiger partial charge is 0.300 e. The van der Waals surface area contributed by atoms with E-state index in [0.29, 0.717) is 35.9 Å². The summed E-state index contributed by atoms with van der Waals surface area (Å²) < 4.78 is 0. The van der Waals surface area contributed by atoms with E-state index in [2.05, 4.69) is 31.0 Å². The highest BCUT2D eigenvalue weighted by atomic mass is 32.1. The van der Waals surface area contributed by atoms with Gasteiger partial charge in [-0.15, -0.1) is 20.4 Å². The molecule has 0 fully saturated rings. The minimum Gasteiger partial charge on any atom is -0.300 e. The Morgan fingerprint density at radius 2 is 1.06 bits per heavy atom. The maximum Gasteiger partial charge on any atom is 0.230 e. The summed E-state index contributed by atoms with van der Waals surface area (Å²) in [6.45, 7) is 0. The summed E-state index contributed by atoms with van der Waals surface area (Å²) in [4.78, 5) is 24.3. The van der Waals surface area contributed by atoms with E-state index < -0.39 is 0 Å². The Morgan fingerprint density at radius 1 is 0.647 bits per heavy atom. The van der Waals surface area contributed by atoms with Crippen molar-refractivity contribution >= 4 is 44.8 Å².